The zero-order valence-electron chi connectivity index (χ0n) is 34.2. The van der Waals surface area contributed by atoms with Gasteiger partial charge >= 0.3 is 11.9 Å². The van der Waals surface area contributed by atoms with Crippen molar-refractivity contribution in [1.29, 1.82) is 0 Å². The molecule has 57 heavy (non-hydrogen) atoms. The number of hydrogen-bond acceptors (Lipinski definition) is 10. The number of carbonyl (C=O) groups excluding carboxylic acids is 1. The number of fused-ring (bicyclic) bond motifs is 2. The van der Waals surface area contributed by atoms with Crippen molar-refractivity contribution in [1.82, 2.24) is 19.9 Å². The average Bonchev–Trinajstić information content (AvgIpc) is 3.80. The summed E-state index contributed by atoms with van der Waals surface area (Å²) in [7, 11) is 0. The summed E-state index contributed by atoms with van der Waals surface area (Å²) in [5.41, 5.74) is 1.80. The molecule has 13 heteroatoms. The van der Waals surface area contributed by atoms with Gasteiger partial charge in [-0.15, -0.1) is 22.7 Å². The number of thiazole rings is 2. The summed E-state index contributed by atoms with van der Waals surface area (Å²) < 4.78 is 0. The first-order chi connectivity index (χ1) is 26.9. The van der Waals surface area contributed by atoms with Gasteiger partial charge in [0.05, 0.1) is 22.5 Å². The van der Waals surface area contributed by atoms with Crippen LogP contribution in [0.15, 0.2) is 48.8 Å². The Morgan fingerprint density at radius 2 is 1.49 bits per heavy atom. The first kappa shape index (κ1) is 40.7. The van der Waals surface area contributed by atoms with Crippen LogP contribution in [-0.2, 0) is 21.0 Å². The molecule has 0 spiro atoms. The second kappa shape index (κ2) is 15.4. The molecule has 7 rings (SSSR count). The maximum atomic E-state index is 14.0. The molecular formula is C44H54N6O5S2. The van der Waals surface area contributed by atoms with Crippen molar-refractivity contribution < 1.29 is 24.6 Å². The molecule has 0 radical (unpaired) electrons. The SMILES string of the molecule is CC(CCC1(C)CCC(C)(C)c2sc(N(C(=O)C3CCC3)c3ccc(C(=O)O)cn3)nc21)CN(c1ccc(C(=O)O)cn1)c1nc2c(s1)C(C)(C)C=CC(C)C2C. The summed E-state index contributed by atoms with van der Waals surface area (Å²) in [5.74, 6) is -0.358. The normalized spacial score (nSPS) is 22.7. The van der Waals surface area contributed by atoms with Gasteiger partial charge in [0.15, 0.2) is 10.3 Å². The highest BCUT2D eigenvalue weighted by Gasteiger charge is 2.45. The fourth-order valence-corrected chi connectivity index (χ4v) is 10.8. The lowest BCUT2D eigenvalue weighted by Gasteiger charge is -2.40. The Bertz CT molecular complexity index is 2190. The molecule has 4 aromatic rings. The van der Waals surface area contributed by atoms with Crippen molar-refractivity contribution >= 4 is 62.4 Å². The number of carboxylic acids is 2. The Kier molecular flexibility index (Phi) is 11.0. The van der Waals surface area contributed by atoms with Gasteiger partial charge in [0, 0.05) is 56.8 Å². The first-order valence-electron chi connectivity index (χ1n) is 20.1. The minimum Gasteiger partial charge on any atom is -0.478 e. The summed E-state index contributed by atoms with van der Waals surface area (Å²) in [6.45, 7) is 18.7. The molecule has 302 valence electrons. The predicted octanol–water partition coefficient (Wildman–Crippen LogP) is 10.4. The summed E-state index contributed by atoms with van der Waals surface area (Å²) in [5, 5.41) is 20.6. The van der Waals surface area contributed by atoms with Crippen LogP contribution in [0.1, 0.15) is 148 Å². The number of rotatable bonds is 12. The number of allylic oxidation sites excluding steroid dienone is 2. The predicted molar refractivity (Wildman–Crippen MR) is 226 cm³/mol. The highest BCUT2D eigenvalue weighted by Crippen LogP contribution is 2.53. The fraction of sp³-hybridized carbons (Fsp3) is 0.523. The van der Waals surface area contributed by atoms with E-state index in [0.29, 0.717) is 29.2 Å². The molecule has 3 aliphatic carbocycles. The second-order valence-electron chi connectivity index (χ2n) is 18.0. The Labute approximate surface area is 343 Å². The van der Waals surface area contributed by atoms with Crippen LogP contribution in [0.2, 0.25) is 0 Å². The molecule has 4 unspecified atom stereocenters. The summed E-state index contributed by atoms with van der Waals surface area (Å²) in [4.78, 5) is 63.3. The van der Waals surface area contributed by atoms with E-state index in [2.05, 4.69) is 82.4 Å². The van der Waals surface area contributed by atoms with Crippen molar-refractivity contribution in [3.63, 3.8) is 0 Å². The molecule has 11 nitrogen and oxygen atoms in total. The number of nitrogens with zero attached hydrogens (tertiary/aromatic N) is 6. The summed E-state index contributed by atoms with van der Waals surface area (Å²) >= 11 is 3.26. The van der Waals surface area contributed by atoms with Crippen LogP contribution >= 0.6 is 22.7 Å². The van der Waals surface area contributed by atoms with E-state index in [1.54, 1.807) is 45.8 Å². The van der Waals surface area contributed by atoms with Gasteiger partial charge in [-0.25, -0.2) is 34.4 Å². The van der Waals surface area contributed by atoms with E-state index in [0.717, 1.165) is 61.5 Å². The smallest absolute Gasteiger partial charge is 0.337 e. The van der Waals surface area contributed by atoms with E-state index in [1.807, 2.05) is 0 Å². The van der Waals surface area contributed by atoms with Gasteiger partial charge in [-0.05, 0) is 74.6 Å². The molecule has 2 N–H and O–H groups in total. The Balaban J connectivity index is 1.18. The molecule has 0 saturated heterocycles. The lowest BCUT2D eigenvalue weighted by Crippen LogP contribution is -2.37. The fourth-order valence-electron chi connectivity index (χ4n) is 8.12. The monoisotopic (exact) mass is 810 g/mol. The van der Waals surface area contributed by atoms with Crippen LogP contribution < -0.4 is 9.80 Å². The number of aromatic carboxylic acids is 2. The van der Waals surface area contributed by atoms with Crippen molar-refractivity contribution in [3.05, 3.63) is 81.1 Å². The lowest BCUT2D eigenvalue weighted by atomic mass is 9.65. The van der Waals surface area contributed by atoms with E-state index in [1.165, 1.54) is 28.2 Å². The summed E-state index contributed by atoms with van der Waals surface area (Å²) in [6.07, 6.45) is 13.7. The number of amides is 1. The van der Waals surface area contributed by atoms with E-state index in [4.69, 9.17) is 9.97 Å². The van der Waals surface area contributed by atoms with Crippen LogP contribution in [0.3, 0.4) is 0 Å². The zero-order chi connectivity index (χ0) is 41.0. The van der Waals surface area contributed by atoms with E-state index < -0.39 is 11.9 Å². The molecule has 1 fully saturated rings. The molecular weight excluding hydrogens is 757 g/mol. The highest BCUT2D eigenvalue weighted by molar-refractivity contribution is 7.16. The molecule has 3 aliphatic rings. The molecule has 0 bridgehead atoms. The lowest BCUT2D eigenvalue weighted by molar-refractivity contribution is -0.124. The molecule has 1 amide bonds. The van der Waals surface area contributed by atoms with Gasteiger partial charge in [0.25, 0.3) is 0 Å². The Morgan fingerprint density at radius 3 is 2.07 bits per heavy atom. The van der Waals surface area contributed by atoms with Gasteiger partial charge in [-0.1, -0.05) is 74.0 Å². The van der Waals surface area contributed by atoms with Gasteiger partial charge in [0.2, 0.25) is 5.91 Å². The highest BCUT2D eigenvalue weighted by atomic mass is 32.1. The number of carboxylic acid groups (broad SMARTS) is 2. The first-order valence-corrected chi connectivity index (χ1v) is 21.7. The number of hydrogen-bond donors (Lipinski definition) is 2. The van der Waals surface area contributed by atoms with Crippen LogP contribution in [0, 0.1) is 17.8 Å². The van der Waals surface area contributed by atoms with Gasteiger partial charge in [-0.2, -0.15) is 0 Å². The number of carbonyl (C=O) groups is 3. The summed E-state index contributed by atoms with van der Waals surface area (Å²) in [6, 6.07) is 6.50. The van der Waals surface area contributed by atoms with Gasteiger partial charge in [0.1, 0.15) is 11.6 Å². The van der Waals surface area contributed by atoms with Gasteiger partial charge < -0.3 is 15.1 Å². The average molecular weight is 811 g/mol. The van der Waals surface area contributed by atoms with E-state index >= 15 is 0 Å². The van der Waals surface area contributed by atoms with Crippen molar-refractivity contribution in [3.8, 4) is 0 Å². The number of anilines is 4. The maximum absolute atomic E-state index is 14.0. The van der Waals surface area contributed by atoms with Crippen LogP contribution in [-0.4, -0.2) is 54.5 Å². The van der Waals surface area contributed by atoms with Crippen LogP contribution in [0.4, 0.5) is 21.9 Å². The van der Waals surface area contributed by atoms with Crippen molar-refractivity contribution in [2.75, 3.05) is 16.3 Å². The van der Waals surface area contributed by atoms with Crippen LogP contribution in [0.25, 0.3) is 0 Å². The molecule has 4 atom stereocenters. The topological polar surface area (TPSA) is 150 Å². The molecule has 0 aromatic carbocycles. The van der Waals surface area contributed by atoms with Crippen molar-refractivity contribution in [2.45, 2.75) is 122 Å². The number of pyridine rings is 2. The molecule has 0 aliphatic heterocycles. The zero-order valence-corrected chi connectivity index (χ0v) is 35.8. The third kappa shape index (κ3) is 7.89. The molecule has 4 aromatic heterocycles. The Morgan fingerprint density at radius 1 is 0.860 bits per heavy atom. The third-order valence-corrected chi connectivity index (χ3v) is 15.5. The van der Waals surface area contributed by atoms with Gasteiger partial charge in [-0.3, -0.25) is 4.79 Å². The maximum Gasteiger partial charge on any atom is 0.337 e. The third-order valence-electron chi connectivity index (χ3n) is 12.6. The van der Waals surface area contributed by atoms with E-state index in [9.17, 15) is 24.6 Å². The van der Waals surface area contributed by atoms with Crippen molar-refractivity contribution in [2.24, 2.45) is 17.8 Å². The molecule has 1 saturated carbocycles. The van der Waals surface area contributed by atoms with Crippen LogP contribution in [0.5, 0.6) is 0 Å². The molecule has 4 heterocycles. The Hall–Kier alpha value is -4.49. The number of aromatic nitrogens is 4. The standard InChI is InChI=1S/C44H54N6O5S2/c1-25(24-49(31-14-12-29(22-45-31)38(52)53)40-47-33-27(3)26(2)17-18-42(4,5)35(33)56-40)16-19-44(8)21-20-43(6,7)36-34(44)48-41(57-36)50(37(51)28-10-9-11-28)32-15-13-30(23-46-32)39(54)55/h12-15,17-18,22-23,25-28H,9-11,16,19-21,24H2,1-8H3,(H,52,53)(H,54,55). The van der Waals surface area contributed by atoms with E-state index in [-0.39, 0.29) is 51.0 Å². The second-order valence-corrected chi connectivity index (χ2v) is 20.0. The largest absolute Gasteiger partial charge is 0.478 e. The quantitative estimate of drug-likeness (QED) is 0.132. The minimum absolute atomic E-state index is 0.0381. The minimum atomic E-state index is -1.07.